The molecule has 2 amide bonds. The predicted octanol–water partition coefficient (Wildman–Crippen LogP) is 0.645. The van der Waals surface area contributed by atoms with Gasteiger partial charge in [-0.15, -0.1) is 0 Å². The van der Waals surface area contributed by atoms with E-state index in [4.69, 9.17) is 5.11 Å². The van der Waals surface area contributed by atoms with Gasteiger partial charge in [-0.1, -0.05) is 13.8 Å². The van der Waals surface area contributed by atoms with E-state index in [1.165, 1.54) is 0 Å². The first-order valence-corrected chi connectivity index (χ1v) is 6.26. The minimum absolute atomic E-state index is 0.332. The lowest BCUT2D eigenvalue weighted by Crippen LogP contribution is -2.45. The molecule has 0 aromatic carbocycles. The van der Waals surface area contributed by atoms with E-state index in [-0.39, 0.29) is 0 Å². The highest BCUT2D eigenvalue weighted by Crippen LogP contribution is 2.06. The van der Waals surface area contributed by atoms with Crippen molar-refractivity contribution in [2.45, 2.75) is 39.3 Å². The summed E-state index contributed by atoms with van der Waals surface area (Å²) in [6, 6.07) is -1.35. The second-order valence-corrected chi connectivity index (χ2v) is 4.25. The Morgan fingerprint density at radius 3 is 2.68 bits per heavy atom. The second kappa shape index (κ2) is 6.77. The fourth-order valence-corrected chi connectivity index (χ4v) is 1.75. The van der Waals surface area contributed by atoms with Crippen LogP contribution in [-0.2, 0) is 24.8 Å². The van der Waals surface area contributed by atoms with Crippen molar-refractivity contribution in [3.63, 3.8) is 0 Å². The fourth-order valence-electron chi connectivity index (χ4n) is 1.75. The molecule has 0 aliphatic rings. The summed E-state index contributed by atoms with van der Waals surface area (Å²) in [5.41, 5.74) is 1.86. The van der Waals surface area contributed by atoms with Gasteiger partial charge in [-0.05, 0) is 12.8 Å². The number of carbonyl (C=O) groups excluding carboxylic acids is 1. The van der Waals surface area contributed by atoms with E-state index in [1.54, 1.807) is 11.6 Å². The highest BCUT2D eigenvalue weighted by atomic mass is 16.4. The van der Waals surface area contributed by atoms with Crippen molar-refractivity contribution < 1.29 is 14.7 Å². The van der Waals surface area contributed by atoms with Crippen molar-refractivity contribution in [3.05, 3.63) is 17.5 Å². The highest BCUT2D eigenvalue weighted by molar-refractivity contribution is 5.82. The summed E-state index contributed by atoms with van der Waals surface area (Å²) in [4.78, 5) is 22.4. The first-order valence-electron chi connectivity index (χ1n) is 6.26. The summed E-state index contributed by atoms with van der Waals surface area (Å²) in [5, 5.41) is 18.1. The number of amides is 2. The smallest absolute Gasteiger partial charge is 0.326 e. The van der Waals surface area contributed by atoms with Gasteiger partial charge in [-0.25, -0.2) is 9.59 Å². The molecular formula is C12H20N4O3. The Balaban J connectivity index is 2.52. The van der Waals surface area contributed by atoms with E-state index in [1.807, 2.05) is 20.2 Å². The molecule has 1 aromatic rings. The maximum absolute atomic E-state index is 11.6. The molecule has 1 rings (SSSR count). The third-order valence-electron chi connectivity index (χ3n) is 2.78. The normalized spacial score (nSPS) is 11.9. The number of aryl methyl sites for hydroxylation is 2. The highest BCUT2D eigenvalue weighted by Gasteiger charge is 2.17. The van der Waals surface area contributed by atoms with Crippen molar-refractivity contribution in [2.24, 2.45) is 7.05 Å². The third kappa shape index (κ3) is 4.27. The van der Waals surface area contributed by atoms with Crippen LogP contribution in [0.3, 0.4) is 0 Å². The van der Waals surface area contributed by atoms with Crippen LogP contribution in [0, 0.1) is 0 Å². The number of carboxylic acids is 1. The largest absolute Gasteiger partial charge is 0.480 e. The minimum Gasteiger partial charge on any atom is -0.480 e. The molecule has 7 heteroatoms. The van der Waals surface area contributed by atoms with E-state index in [0.717, 1.165) is 17.7 Å². The number of aromatic nitrogens is 2. The van der Waals surface area contributed by atoms with Gasteiger partial charge in [0, 0.05) is 25.4 Å². The maximum atomic E-state index is 11.6. The lowest BCUT2D eigenvalue weighted by molar-refractivity contribution is -0.139. The molecule has 0 radical (unpaired) electrons. The molecule has 1 heterocycles. The van der Waals surface area contributed by atoms with Crippen molar-refractivity contribution in [1.29, 1.82) is 0 Å². The average molecular weight is 268 g/mol. The summed E-state index contributed by atoms with van der Waals surface area (Å²) in [6.07, 6.45) is 2.97. The van der Waals surface area contributed by atoms with Crippen LogP contribution in [0.2, 0.25) is 0 Å². The molecule has 0 bridgehead atoms. The van der Waals surface area contributed by atoms with Crippen LogP contribution in [0.1, 0.15) is 31.5 Å². The lowest BCUT2D eigenvalue weighted by Gasteiger charge is -2.13. The van der Waals surface area contributed by atoms with Crippen LogP contribution in [0.15, 0.2) is 6.20 Å². The Labute approximate surface area is 112 Å². The van der Waals surface area contributed by atoms with Gasteiger partial charge in [0.2, 0.25) is 0 Å². The zero-order valence-electron chi connectivity index (χ0n) is 11.4. The molecular weight excluding hydrogens is 248 g/mol. The van der Waals surface area contributed by atoms with Crippen molar-refractivity contribution >= 4 is 12.0 Å². The first-order chi connectivity index (χ1) is 8.97. The van der Waals surface area contributed by atoms with Gasteiger partial charge < -0.3 is 15.7 Å². The Morgan fingerprint density at radius 1 is 1.47 bits per heavy atom. The van der Waals surface area contributed by atoms with Gasteiger partial charge in [0.15, 0.2) is 0 Å². The summed E-state index contributed by atoms with van der Waals surface area (Å²) < 4.78 is 1.69. The number of carboxylic acid groups (broad SMARTS) is 1. The number of nitrogens with zero attached hydrogens (tertiary/aromatic N) is 2. The molecule has 1 atom stereocenters. The summed E-state index contributed by atoms with van der Waals surface area (Å²) in [7, 11) is 1.82. The maximum Gasteiger partial charge on any atom is 0.326 e. The van der Waals surface area contributed by atoms with Crippen LogP contribution in [0.25, 0.3) is 0 Å². The molecule has 0 saturated heterocycles. The van der Waals surface area contributed by atoms with Crippen molar-refractivity contribution in [1.82, 2.24) is 20.4 Å². The van der Waals surface area contributed by atoms with E-state index in [2.05, 4.69) is 15.7 Å². The second-order valence-electron chi connectivity index (χ2n) is 4.25. The Hall–Kier alpha value is -2.05. The number of nitrogens with one attached hydrogen (secondary N) is 2. The monoisotopic (exact) mass is 268 g/mol. The number of hydrogen-bond donors (Lipinski definition) is 3. The first kappa shape index (κ1) is 15.0. The molecule has 0 saturated carbocycles. The number of urea groups is 1. The Kier molecular flexibility index (Phi) is 5.35. The average Bonchev–Trinajstić information content (AvgIpc) is 2.73. The Morgan fingerprint density at radius 2 is 2.16 bits per heavy atom. The van der Waals surface area contributed by atoms with Crippen LogP contribution in [0.4, 0.5) is 4.79 Å². The van der Waals surface area contributed by atoms with E-state index in [0.29, 0.717) is 13.0 Å². The van der Waals surface area contributed by atoms with Crippen molar-refractivity contribution in [3.8, 4) is 0 Å². The molecule has 0 spiro atoms. The van der Waals surface area contributed by atoms with Crippen molar-refractivity contribution in [2.75, 3.05) is 0 Å². The molecule has 1 aromatic heterocycles. The number of carbonyl (C=O) groups is 2. The summed E-state index contributed by atoms with van der Waals surface area (Å²) in [5.74, 6) is -1.03. The molecule has 19 heavy (non-hydrogen) atoms. The Bertz CT molecular complexity index is 456. The van der Waals surface area contributed by atoms with Crippen LogP contribution < -0.4 is 10.6 Å². The van der Waals surface area contributed by atoms with E-state index in [9.17, 15) is 9.59 Å². The van der Waals surface area contributed by atoms with E-state index < -0.39 is 18.0 Å². The van der Waals surface area contributed by atoms with Crippen LogP contribution in [0.5, 0.6) is 0 Å². The number of rotatable bonds is 6. The fraction of sp³-hybridized carbons (Fsp3) is 0.583. The molecule has 0 fully saturated rings. The van der Waals surface area contributed by atoms with Crippen LogP contribution in [-0.4, -0.2) is 32.9 Å². The molecule has 7 nitrogen and oxygen atoms in total. The van der Waals surface area contributed by atoms with Gasteiger partial charge in [-0.2, -0.15) is 5.10 Å². The van der Waals surface area contributed by atoms with Gasteiger partial charge in [0.25, 0.3) is 0 Å². The van der Waals surface area contributed by atoms with E-state index >= 15 is 0 Å². The van der Waals surface area contributed by atoms with Gasteiger partial charge in [0.1, 0.15) is 6.04 Å². The van der Waals surface area contributed by atoms with Crippen LogP contribution >= 0.6 is 0 Å². The molecule has 0 aliphatic carbocycles. The molecule has 3 N–H and O–H groups in total. The SMILES string of the molecule is CCc1nn(C)cc1CNC(=O)NC(CC)C(=O)O. The zero-order chi connectivity index (χ0) is 14.4. The standard InChI is InChI=1S/C12H20N4O3/c1-4-9-8(7-16(3)15-9)6-13-12(19)14-10(5-2)11(17)18/h7,10H,4-6H2,1-3H3,(H,17,18)(H2,13,14,19). The third-order valence-corrected chi connectivity index (χ3v) is 2.78. The number of aliphatic carboxylic acids is 1. The summed E-state index contributed by atoms with van der Waals surface area (Å²) in [6.45, 7) is 4.03. The summed E-state index contributed by atoms with van der Waals surface area (Å²) >= 11 is 0. The quantitative estimate of drug-likeness (QED) is 0.705. The van der Waals surface area contributed by atoms with Gasteiger partial charge in [0.05, 0.1) is 5.69 Å². The van der Waals surface area contributed by atoms with Gasteiger partial charge in [-0.3, -0.25) is 4.68 Å². The lowest BCUT2D eigenvalue weighted by atomic mass is 10.2. The minimum atomic E-state index is -1.03. The molecule has 0 aliphatic heterocycles. The van der Waals surface area contributed by atoms with Gasteiger partial charge >= 0.3 is 12.0 Å². The zero-order valence-corrected chi connectivity index (χ0v) is 11.4. The topological polar surface area (TPSA) is 96.3 Å². The molecule has 106 valence electrons. The molecule has 1 unspecified atom stereocenters. The number of hydrogen-bond acceptors (Lipinski definition) is 3. The predicted molar refractivity (Wildman–Crippen MR) is 69.7 cm³/mol.